The maximum atomic E-state index is 5.24. The van der Waals surface area contributed by atoms with E-state index in [1.54, 1.807) is 18.4 Å². The van der Waals surface area contributed by atoms with Crippen LogP contribution in [0.15, 0.2) is 6.20 Å². The van der Waals surface area contributed by atoms with Gasteiger partial charge in [-0.2, -0.15) is 0 Å². The number of thiazole rings is 1. The van der Waals surface area contributed by atoms with Crippen LogP contribution in [0, 0.1) is 5.92 Å². The number of ether oxygens (including phenoxy) is 1. The Balaban J connectivity index is 2.09. The van der Waals surface area contributed by atoms with E-state index in [1.165, 1.54) is 17.7 Å². The number of methoxy groups -OCH3 is 1. The van der Waals surface area contributed by atoms with Crippen LogP contribution in [0.3, 0.4) is 0 Å². The van der Waals surface area contributed by atoms with E-state index in [0.717, 1.165) is 24.2 Å². The third-order valence-electron chi connectivity index (χ3n) is 3.95. The smallest absolute Gasteiger partial charge is 0.185 e. The van der Waals surface area contributed by atoms with Crippen molar-refractivity contribution in [3.05, 3.63) is 11.1 Å². The molecule has 0 amide bonds. The summed E-state index contributed by atoms with van der Waals surface area (Å²) < 4.78 is 5.24. The Labute approximate surface area is 120 Å². The fraction of sp³-hybridized carbons (Fsp3) is 0.786. The van der Waals surface area contributed by atoms with Crippen molar-refractivity contribution in [2.75, 3.05) is 32.2 Å². The Hall–Kier alpha value is -0.650. The molecule has 0 spiro atoms. The number of hydrogen-bond donors (Lipinski definition) is 1. The first kappa shape index (κ1) is 14.8. The lowest BCUT2D eigenvalue weighted by Gasteiger charge is -2.28. The zero-order valence-electron chi connectivity index (χ0n) is 12.3. The topological polar surface area (TPSA) is 37.4 Å². The van der Waals surface area contributed by atoms with Crippen molar-refractivity contribution in [3.8, 4) is 0 Å². The lowest BCUT2D eigenvalue weighted by atomic mass is 10.2. The van der Waals surface area contributed by atoms with Gasteiger partial charge in [0.05, 0.1) is 6.61 Å². The van der Waals surface area contributed by atoms with Crippen molar-refractivity contribution in [2.45, 2.75) is 38.8 Å². The average molecular weight is 283 g/mol. The van der Waals surface area contributed by atoms with Crippen LogP contribution in [0.1, 0.15) is 37.6 Å². The van der Waals surface area contributed by atoms with E-state index < -0.39 is 0 Å². The Morgan fingerprint density at radius 1 is 1.53 bits per heavy atom. The highest BCUT2D eigenvalue weighted by Gasteiger charge is 2.33. The second kappa shape index (κ2) is 6.68. The molecule has 0 radical (unpaired) electrons. The summed E-state index contributed by atoms with van der Waals surface area (Å²) in [5.41, 5.74) is 0. The highest BCUT2D eigenvalue weighted by Crippen LogP contribution is 2.38. The molecule has 1 N–H and O–H groups in total. The van der Waals surface area contributed by atoms with Gasteiger partial charge in [-0.3, -0.25) is 0 Å². The number of nitrogens with one attached hydrogen (secondary N) is 1. The molecular formula is C14H25N3OS. The van der Waals surface area contributed by atoms with Crippen LogP contribution in [0.2, 0.25) is 0 Å². The molecule has 1 aliphatic rings. The van der Waals surface area contributed by atoms with E-state index in [2.05, 4.69) is 29.0 Å². The summed E-state index contributed by atoms with van der Waals surface area (Å²) in [6, 6.07) is 0.936. The molecule has 5 heteroatoms. The van der Waals surface area contributed by atoms with Crippen molar-refractivity contribution in [1.82, 2.24) is 10.3 Å². The zero-order valence-corrected chi connectivity index (χ0v) is 13.2. The van der Waals surface area contributed by atoms with Gasteiger partial charge >= 0.3 is 0 Å². The van der Waals surface area contributed by atoms with Crippen LogP contribution >= 0.6 is 11.3 Å². The van der Waals surface area contributed by atoms with Crippen LogP contribution < -0.4 is 10.2 Å². The summed E-state index contributed by atoms with van der Waals surface area (Å²) in [6.07, 6.45) is 4.71. The summed E-state index contributed by atoms with van der Waals surface area (Å²) >= 11 is 1.79. The molecule has 4 nitrogen and oxygen atoms in total. The van der Waals surface area contributed by atoms with Gasteiger partial charge in [0.15, 0.2) is 5.13 Å². The number of anilines is 1. The maximum Gasteiger partial charge on any atom is 0.185 e. The van der Waals surface area contributed by atoms with Crippen LogP contribution in [0.4, 0.5) is 5.13 Å². The van der Waals surface area contributed by atoms with Gasteiger partial charge in [0, 0.05) is 36.8 Å². The lowest BCUT2D eigenvalue weighted by molar-refractivity contribution is 0.202. The predicted molar refractivity (Wildman–Crippen MR) is 81.0 cm³/mol. The quantitative estimate of drug-likeness (QED) is 0.796. The molecule has 0 aromatic carbocycles. The van der Waals surface area contributed by atoms with E-state index in [4.69, 9.17) is 4.74 Å². The molecule has 1 aromatic heterocycles. The average Bonchev–Trinajstić information content (AvgIpc) is 3.17. The molecule has 0 saturated heterocycles. The van der Waals surface area contributed by atoms with Gasteiger partial charge in [0.2, 0.25) is 0 Å². The molecule has 2 unspecified atom stereocenters. The highest BCUT2D eigenvalue weighted by atomic mass is 32.1. The van der Waals surface area contributed by atoms with E-state index in [1.807, 2.05) is 13.2 Å². The minimum absolute atomic E-state index is 0.367. The largest absolute Gasteiger partial charge is 0.383 e. The molecule has 1 fully saturated rings. The number of aromatic nitrogens is 1. The maximum absolute atomic E-state index is 5.24. The molecule has 1 aromatic rings. The van der Waals surface area contributed by atoms with Gasteiger partial charge in [-0.05, 0) is 39.7 Å². The third kappa shape index (κ3) is 3.68. The molecule has 1 saturated carbocycles. The van der Waals surface area contributed by atoms with Crippen LogP contribution in [0.5, 0.6) is 0 Å². The zero-order chi connectivity index (χ0) is 13.8. The minimum Gasteiger partial charge on any atom is -0.383 e. The summed E-state index contributed by atoms with van der Waals surface area (Å²) in [6.45, 7) is 6.17. The van der Waals surface area contributed by atoms with E-state index in [0.29, 0.717) is 12.1 Å². The van der Waals surface area contributed by atoms with Crippen molar-refractivity contribution in [2.24, 2.45) is 5.92 Å². The van der Waals surface area contributed by atoms with Gasteiger partial charge in [-0.1, -0.05) is 0 Å². The Kier molecular flexibility index (Phi) is 5.19. The minimum atomic E-state index is 0.367. The Morgan fingerprint density at radius 2 is 2.26 bits per heavy atom. The molecular weight excluding hydrogens is 258 g/mol. The van der Waals surface area contributed by atoms with Gasteiger partial charge < -0.3 is 15.0 Å². The molecule has 19 heavy (non-hydrogen) atoms. The van der Waals surface area contributed by atoms with Crippen LogP contribution in [0.25, 0.3) is 0 Å². The Bertz CT molecular complexity index is 392. The summed E-state index contributed by atoms with van der Waals surface area (Å²) in [5.74, 6) is 0.839. The highest BCUT2D eigenvalue weighted by molar-refractivity contribution is 7.15. The molecule has 108 valence electrons. The van der Waals surface area contributed by atoms with Crippen LogP contribution in [-0.2, 0) is 4.74 Å². The molecule has 2 rings (SSSR count). The normalized spacial score (nSPS) is 18.3. The van der Waals surface area contributed by atoms with Crippen molar-refractivity contribution in [3.63, 3.8) is 0 Å². The van der Waals surface area contributed by atoms with Gasteiger partial charge in [0.25, 0.3) is 0 Å². The van der Waals surface area contributed by atoms with Crippen molar-refractivity contribution >= 4 is 16.5 Å². The van der Waals surface area contributed by atoms with E-state index >= 15 is 0 Å². The number of rotatable bonds is 8. The van der Waals surface area contributed by atoms with Gasteiger partial charge in [-0.15, -0.1) is 11.3 Å². The molecule has 0 aliphatic heterocycles. The standard InChI is InChI=1S/C14H25N3OS/c1-10(15-3)13-9-16-14(19-13)17(7-8-18-4)11(2)12-5-6-12/h9-12,15H,5-8H2,1-4H3. The first-order valence-corrected chi connectivity index (χ1v) is 7.87. The fourth-order valence-corrected chi connectivity index (χ4v) is 3.34. The second-order valence-corrected chi connectivity index (χ2v) is 6.36. The van der Waals surface area contributed by atoms with Gasteiger partial charge in [0.1, 0.15) is 0 Å². The summed E-state index contributed by atoms with van der Waals surface area (Å²) in [5, 5.41) is 4.40. The molecule has 0 bridgehead atoms. The molecule has 2 atom stereocenters. The predicted octanol–water partition coefficient (Wildman–Crippen LogP) is 2.67. The third-order valence-corrected chi connectivity index (χ3v) is 5.17. The Morgan fingerprint density at radius 3 is 2.84 bits per heavy atom. The number of nitrogens with zero attached hydrogens (tertiary/aromatic N) is 2. The first-order valence-electron chi connectivity index (χ1n) is 7.06. The van der Waals surface area contributed by atoms with E-state index in [-0.39, 0.29) is 0 Å². The lowest BCUT2D eigenvalue weighted by Crippen LogP contribution is -2.37. The first-order chi connectivity index (χ1) is 9.17. The fourth-order valence-electron chi connectivity index (χ4n) is 2.25. The monoisotopic (exact) mass is 283 g/mol. The molecule has 1 aliphatic carbocycles. The number of hydrogen-bond acceptors (Lipinski definition) is 5. The van der Waals surface area contributed by atoms with E-state index in [9.17, 15) is 0 Å². The van der Waals surface area contributed by atoms with Gasteiger partial charge in [-0.25, -0.2) is 4.98 Å². The summed E-state index contributed by atoms with van der Waals surface area (Å²) in [7, 11) is 3.75. The SMILES string of the molecule is CNC(C)c1cnc(N(CCOC)C(C)C2CC2)s1. The van der Waals surface area contributed by atoms with Crippen molar-refractivity contribution in [1.29, 1.82) is 0 Å². The van der Waals surface area contributed by atoms with Crippen LogP contribution in [-0.4, -0.2) is 38.3 Å². The second-order valence-electron chi connectivity index (χ2n) is 5.32. The molecule has 1 heterocycles. The van der Waals surface area contributed by atoms with Crippen molar-refractivity contribution < 1.29 is 4.74 Å². The summed E-state index contributed by atoms with van der Waals surface area (Å²) in [4.78, 5) is 8.33.